The molecule has 2 rings (SSSR count). The molecule has 0 saturated heterocycles. The molecule has 1 aliphatic carbocycles. The number of nitrogens with one attached hydrogen (secondary N) is 1. The maximum absolute atomic E-state index is 11.4. The molecule has 1 aliphatic rings. The highest BCUT2D eigenvalue weighted by molar-refractivity contribution is 5.77. The minimum Gasteiger partial charge on any atom is -0.380 e. The molecule has 0 amide bonds. The summed E-state index contributed by atoms with van der Waals surface area (Å²) in [7, 11) is 0. The number of rotatable bonds is 7. The number of hydrogen-bond donors (Lipinski definition) is 1. The molecule has 106 valence electrons. The Morgan fingerprint density at radius 1 is 1.55 bits per heavy atom. The number of anilines is 2. The van der Waals surface area contributed by atoms with Crippen LogP contribution in [-0.4, -0.2) is 24.1 Å². The summed E-state index contributed by atoms with van der Waals surface area (Å²) >= 11 is 0. The van der Waals surface area contributed by atoms with E-state index in [4.69, 9.17) is 5.26 Å². The van der Waals surface area contributed by atoms with E-state index in [-0.39, 0.29) is 10.6 Å². The Hall–Kier alpha value is -2.29. The first-order chi connectivity index (χ1) is 9.69. The molecule has 0 heterocycles. The highest BCUT2D eigenvalue weighted by Gasteiger charge is 2.33. The van der Waals surface area contributed by atoms with Crippen LogP contribution in [-0.2, 0) is 0 Å². The van der Waals surface area contributed by atoms with Crippen LogP contribution in [0, 0.1) is 21.4 Å². The lowest BCUT2D eigenvalue weighted by Crippen LogP contribution is -2.27. The number of hydrogen-bond acceptors (Lipinski definition) is 5. The van der Waals surface area contributed by atoms with Gasteiger partial charge in [0.2, 0.25) is 0 Å². The average molecular weight is 274 g/mol. The van der Waals surface area contributed by atoms with Crippen LogP contribution in [0.1, 0.15) is 26.2 Å². The lowest BCUT2D eigenvalue weighted by molar-refractivity contribution is -0.383. The zero-order chi connectivity index (χ0) is 14.5. The van der Waals surface area contributed by atoms with E-state index in [0.717, 1.165) is 12.8 Å². The Balaban J connectivity index is 2.39. The minimum atomic E-state index is -0.338. The highest BCUT2D eigenvalue weighted by Crippen LogP contribution is 2.40. The van der Waals surface area contributed by atoms with Gasteiger partial charge in [0.25, 0.3) is 0 Å². The second-order valence-corrected chi connectivity index (χ2v) is 4.79. The van der Waals surface area contributed by atoms with Crippen molar-refractivity contribution in [2.45, 2.75) is 32.2 Å². The summed E-state index contributed by atoms with van der Waals surface area (Å²) in [5.74, 6) is 0. The van der Waals surface area contributed by atoms with Crippen molar-refractivity contribution >= 4 is 17.1 Å². The smallest absolute Gasteiger partial charge is 0.315 e. The summed E-state index contributed by atoms with van der Waals surface area (Å²) in [5, 5.41) is 23.2. The summed E-state index contributed by atoms with van der Waals surface area (Å²) in [6, 6.07) is 7.76. The lowest BCUT2D eigenvalue weighted by Gasteiger charge is -2.24. The topological polar surface area (TPSA) is 82.2 Å². The maximum atomic E-state index is 11.4. The Morgan fingerprint density at radius 3 is 2.85 bits per heavy atom. The first-order valence-electron chi connectivity index (χ1n) is 6.84. The quantitative estimate of drug-likeness (QED) is 0.610. The molecule has 1 saturated carbocycles. The van der Waals surface area contributed by atoms with Gasteiger partial charge >= 0.3 is 5.69 Å². The molecular formula is C14H18N4O2. The van der Waals surface area contributed by atoms with Crippen LogP contribution in [0.5, 0.6) is 0 Å². The fourth-order valence-corrected chi connectivity index (χ4v) is 2.34. The normalized spacial score (nSPS) is 13.6. The van der Waals surface area contributed by atoms with Crippen molar-refractivity contribution in [1.82, 2.24) is 0 Å². The first kappa shape index (κ1) is 14.1. The number of nitrogens with zero attached hydrogens (tertiary/aromatic N) is 3. The summed E-state index contributed by atoms with van der Waals surface area (Å²) in [5.41, 5.74) is 1.27. The molecule has 1 aromatic carbocycles. The van der Waals surface area contributed by atoms with Gasteiger partial charge in [0.15, 0.2) is 0 Å². The standard InChI is InChI=1S/C14H18N4O2/c1-2-16-12-5-3-6-13(14(12)18(19)20)17(10-4-9-15)11-7-8-11/h3,5-6,11,16H,2,4,7-8,10H2,1H3. The van der Waals surface area contributed by atoms with Crippen molar-refractivity contribution in [3.63, 3.8) is 0 Å². The average Bonchev–Trinajstić information content (AvgIpc) is 3.24. The van der Waals surface area contributed by atoms with Crippen LogP contribution >= 0.6 is 0 Å². The van der Waals surface area contributed by atoms with Crippen molar-refractivity contribution < 1.29 is 4.92 Å². The van der Waals surface area contributed by atoms with Crippen molar-refractivity contribution in [3.8, 4) is 6.07 Å². The summed E-state index contributed by atoms with van der Waals surface area (Å²) in [4.78, 5) is 13.1. The molecule has 0 radical (unpaired) electrons. The third-order valence-corrected chi connectivity index (χ3v) is 3.33. The van der Waals surface area contributed by atoms with Crippen LogP contribution in [0.15, 0.2) is 18.2 Å². The fourth-order valence-electron chi connectivity index (χ4n) is 2.34. The highest BCUT2D eigenvalue weighted by atomic mass is 16.6. The molecule has 6 nitrogen and oxygen atoms in total. The largest absolute Gasteiger partial charge is 0.380 e. The Morgan fingerprint density at radius 2 is 2.30 bits per heavy atom. The van der Waals surface area contributed by atoms with E-state index in [9.17, 15) is 10.1 Å². The zero-order valence-electron chi connectivity index (χ0n) is 11.5. The number of nitro benzene ring substituents is 1. The van der Waals surface area contributed by atoms with Crippen LogP contribution in [0.3, 0.4) is 0 Å². The van der Waals surface area contributed by atoms with Gasteiger partial charge in [-0.1, -0.05) is 6.07 Å². The third-order valence-electron chi connectivity index (χ3n) is 3.33. The minimum absolute atomic E-state index is 0.110. The van der Waals surface area contributed by atoms with Crippen molar-refractivity contribution in [2.75, 3.05) is 23.3 Å². The number of nitro groups is 1. The first-order valence-corrected chi connectivity index (χ1v) is 6.84. The molecule has 0 aromatic heterocycles. The van der Waals surface area contributed by atoms with Gasteiger partial charge in [0.1, 0.15) is 11.4 Å². The predicted octanol–water partition coefficient (Wildman–Crippen LogP) is 2.91. The van der Waals surface area contributed by atoms with Gasteiger partial charge in [-0.15, -0.1) is 0 Å². The second-order valence-electron chi connectivity index (χ2n) is 4.79. The van der Waals surface area contributed by atoms with Crippen LogP contribution < -0.4 is 10.2 Å². The van der Waals surface area contributed by atoms with Gasteiger partial charge in [0.05, 0.1) is 17.4 Å². The SMILES string of the molecule is CCNc1cccc(N(CCC#N)C2CC2)c1[N+](=O)[O-]. The molecule has 0 bridgehead atoms. The Labute approximate surface area is 118 Å². The molecule has 0 unspecified atom stereocenters. The number of para-hydroxylation sites is 1. The van der Waals surface area contributed by atoms with Crippen LogP contribution in [0.25, 0.3) is 0 Å². The lowest BCUT2D eigenvalue weighted by atomic mass is 10.2. The molecule has 1 fully saturated rings. The van der Waals surface area contributed by atoms with E-state index in [0.29, 0.717) is 36.9 Å². The molecular weight excluding hydrogens is 256 g/mol. The van der Waals surface area contributed by atoms with Gasteiger partial charge in [-0.3, -0.25) is 10.1 Å². The van der Waals surface area contributed by atoms with E-state index in [1.54, 1.807) is 12.1 Å². The van der Waals surface area contributed by atoms with E-state index in [2.05, 4.69) is 11.4 Å². The Bertz CT molecular complexity index is 534. The number of benzene rings is 1. The fraction of sp³-hybridized carbons (Fsp3) is 0.500. The van der Waals surface area contributed by atoms with Crippen molar-refractivity contribution in [3.05, 3.63) is 28.3 Å². The summed E-state index contributed by atoms with van der Waals surface area (Å²) in [6.07, 6.45) is 2.45. The molecule has 6 heteroatoms. The van der Waals surface area contributed by atoms with Crippen molar-refractivity contribution in [1.29, 1.82) is 5.26 Å². The van der Waals surface area contributed by atoms with Gasteiger partial charge in [-0.05, 0) is 31.9 Å². The summed E-state index contributed by atoms with van der Waals surface area (Å²) in [6.45, 7) is 3.08. The van der Waals surface area contributed by atoms with Crippen molar-refractivity contribution in [2.24, 2.45) is 0 Å². The molecule has 20 heavy (non-hydrogen) atoms. The molecule has 0 spiro atoms. The predicted molar refractivity (Wildman–Crippen MR) is 77.9 cm³/mol. The maximum Gasteiger partial charge on any atom is 0.315 e. The van der Waals surface area contributed by atoms with Gasteiger partial charge in [-0.25, -0.2) is 0 Å². The third kappa shape index (κ3) is 2.99. The van der Waals surface area contributed by atoms with E-state index >= 15 is 0 Å². The van der Waals surface area contributed by atoms with E-state index < -0.39 is 0 Å². The molecule has 0 aliphatic heterocycles. The second kappa shape index (κ2) is 6.24. The number of nitriles is 1. The zero-order valence-corrected chi connectivity index (χ0v) is 11.5. The summed E-state index contributed by atoms with van der Waals surface area (Å²) < 4.78 is 0. The molecule has 1 N–H and O–H groups in total. The molecule has 1 aromatic rings. The van der Waals surface area contributed by atoms with Gasteiger partial charge in [-0.2, -0.15) is 5.26 Å². The monoisotopic (exact) mass is 274 g/mol. The van der Waals surface area contributed by atoms with Crippen LogP contribution in [0.2, 0.25) is 0 Å². The Kier molecular flexibility index (Phi) is 4.41. The van der Waals surface area contributed by atoms with Gasteiger partial charge in [0, 0.05) is 19.1 Å². The van der Waals surface area contributed by atoms with E-state index in [1.807, 2.05) is 17.9 Å². The molecule has 0 atom stereocenters. The van der Waals surface area contributed by atoms with Gasteiger partial charge < -0.3 is 10.2 Å². The van der Waals surface area contributed by atoms with E-state index in [1.165, 1.54) is 0 Å². The van der Waals surface area contributed by atoms with Crippen LogP contribution in [0.4, 0.5) is 17.1 Å².